The van der Waals surface area contributed by atoms with Crippen LogP contribution in [0.15, 0.2) is 12.2 Å². The first-order chi connectivity index (χ1) is 10.9. The fraction of sp³-hybridized carbons (Fsp3) is 0.765. The van der Waals surface area contributed by atoms with Crippen LogP contribution in [0.1, 0.15) is 47.0 Å². The van der Waals surface area contributed by atoms with Gasteiger partial charge in [-0.25, -0.2) is 0 Å². The van der Waals surface area contributed by atoms with E-state index in [1.807, 2.05) is 17.9 Å². The molecular formula is C17H30N2O4. The normalized spacial score (nSPS) is 24.7. The quantitative estimate of drug-likeness (QED) is 0.500. The summed E-state index contributed by atoms with van der Waals surface area (Å²) in [5.41, 5.74) is 0. The molecule has 1 aliphatic heterocycles. The highest BCUT2D eigenvalue weighted by atomic mass is 16.5. The molecule has 0 spiro atoms. The van der Waals surface area contributed by atoms with Crippen molar-refractivity contribution in [3.05, 3.63) is 12.2 Å². The monoisotopic (exact) mass is 326 g/mol. The van der Waals surface area contributed by atoms with Crippen molar-refractivity contribution in [2.24, 2.45) is 5.92 Å². The number of carbonyl (C=O) groups excluding carboxylic acids is 1. The minimum Gasteiger partial charge on any atom is -0.480 e. The van der Waals surface area contributed by atoms with Crippen LogP contribution in [0.4, 0.5) is 0 Å². The van der Waals surface area contributed by atoms with Gasteiger partial charge in [0, 0.05) is 20.0 Å². The van der Waals surface area contributed by atoms with E-state index < -0.39 is 12.0 Å². The molecule has 132 valence electrons. The van der Waals surface area contributed by atoms with Gasteiger partial charge in [0.05, 0.1) is 6.10 Å². The zero-order valence-corrected chi connectivity index (χ0v) is 14.6. The number of rotatable bonds is 9. The topological polar surface area (TPSA) is 78.9 Å². The molecule has 0 aromatic carbocycles. The van der Waals surface area contributed by atoms with E-state index in [1.54, 1.807) is 6.92 Å². The Morgan fingerprint density at radius 3 is 2.70 bits per heavy atom. The van der Waals surface area contributed by atoms with Gasteiger partial charge in [0.25, 0.3) is 0 Å². The Kier molecular flexibility index (Phi) is 8.26. The van der Waals surface area contributed by atoms with Gasteiger partial charge in [0.2, 0.25) is 5.91 Å². The van der Waals surface area contributed by atoms with Gasteiger partial charge in [-0.05, 0) is 32.6 Å². The standard InChI is InChI=1S/C17H30N2O4/c1-5-7-14-9-16(17(21)22)19(10-14)11-15(8-6-2)23-13(4)18-12(3)20/h5,7,13-16H,6,8-11H2,1-4H3,(H,18,20)(H,21,22)/b7-5-. The van der Waals surface area contributed by atoms with Crippen molar-refractivity contribution < 1.29 is 19.4 Å². The highest BCUT2D eigenvalue weighted by Crippen LogP contribution is 2.26. The number of hydrogen-bond donors (Lipinski definition) is 2. The van der Waals surface area contributed by atoms with E-state index in [4.69, 9.17) is 4.74 Å². The van der Waals surface area contributed by atoms with Gasteiger partial charge in [0.15, 0.2) is 0 Å². The Bertz CT molecular complexity index is 425. The Balaban J connectivity index is 2.68. The van der Waals surface area contributed by atoms with E-state index in [9.17, 15) is 14.7 Å². The highest BCUT2D eigenvalue weighted by molar-refractivity contribution is 5.74. The molecule has 0 aromatic rings. The summed E-state index contributed by atoms with van der Waals surface area (Å²) in [5.74, 6) is -0.635. The van der Waals surface area contributed by atoms with Crippen molar-refractivity contribution >= 4 is 11.9 Å². The van der Waals surface area contributed by atoms with Crippen LogP contribution in [-0.2, 0) is 14.3 Å². The van der Waals surface area contributed by atoms with E-state index in [0.29, 0.717) is 13.0 Å². The number of amides is 1. The van der Waals surface area contributed by atoms with Crippen LogP contribution in [0.5, 0.6) is 0 Å². The number of nitrogens with zero attached hydrogens (tertiary/aromatic N) is 1. The van der Waals surface area contributed by atoms with Gasteiger partial charge in [-0.3, -0.25) is 14.5 Å². The summed E-state index contributed by atoms with van der Waals surface area (Å²) < 4.78 is 5.90. The molecule has 4 atom stereocenters. The number of carbonyl (C=O) groups is 2. The molecular weight excluding hydrogens is 296 g/mol. The third-order valence-electron chi connectivity index (χ3n) is 4.04. The Hall–Kier alpha value is -1.40. The van der Waals surface area contributed by atoms with Gasteiger partial charge in [-0.2, -0.15) is 0 Å². The molecule has 6 heteroatoms. The predicted octanol–water partition coefficient (Wildman–Crippen LogP) is 2.00. The van der Waals surface area contributed by atoms with Crippen molar-refractivity contribution in [1.82, 2.24) is 10.2 Å². The van der Waals surface area contributed by atoms with Gasteiger partial charge >= 0.3 is 5.97 Å². The molecule has 1 fully saturated rings. The SMILES string of the molecule is C/C=C\C1CC(C(=O)O)N(CC(CCC)OC(C)NC(C)=O)C1. The first kappa shape index (κ1) is 19.6. The summed E-state index contributed by atoms with van der Waals surface area (Å²) >= 11 is 0. The molecule has 0 bridgehead atoms. The molecule has 1 rings (SSSR count). The van der Waals surface area contributed by atoms with Crippen molar-refractivity contribution in [3.8, 4) is 0 Å². The van der Waals surface area contributed by atoms with Crippen molar-refractivity contribution in [3.63, 3.8) is 0 Å². The second kappa shape index (κ2) is 9.67. The average molecular weight is 326 g/mol. The second-order valence-electron chi connectivity index (χ2n) is 6.22. The van der Waals surface area contributed by atoms with Crippen LogP contribution in [0.3, 0.4) is 0 Å². The minimum atomic E-state index is -0.776. The number of likely N-dealkylation sites (tertiary alicyclic amines) is 1. The first-order valence-electron chi connectivity index (χ1n) is 8.39. The maximum atomic E-state index is 11.5. The maximum Gasteiger partial charge on any atom is 0.320 e. The summed E-state index contributed by atoms with van der Waals surface area (Å²) in [6.45, 7) is 8.59. The smallest absolute Gasteiger partial charge is 0.320 e. The Morgan fingerprint density at radius 1 is 1.48 bits per heavy atom. The van der Waals surface area contributed by atoms with E-state index in [0.717, 1.165) is 19.4 Å². The first-order valence-corrected chi connectivity index (χ1v) is 8.39. The van der Waals surface area contributed by atoms with Crippen LogP contribution < -0.4 is 5.32 Å². The molecule has 23 heavy (non-hydrogen) atoms. The lowest BCUT2D eigenvalue weighted by atomic mass is 10.1. The number of ether oxygens (including phenoxy) is 1. The lowest BCUT2D eigenvalue weighted by Crippen LogP contribution is -2.44. The van der Waals surface area contributed by atoms with E-state index in [1.165, 1.54) is 6.92 Å². The predicted molar refractivity (Wildman–Crippen MR) is 89.0 cm³/mol. The fourth-order valence-corrected chi connectivity index (χ4v) is 3.20. The summed E-state index contributed by atoms with van der Waals surface area (Å²) in [4.78, 5) is 24.6. The zero-order valence-electron chi connectivity index (χ0n) is 14.6. The summed E-state index contributed by atoms with van der Waals surface area (Å²) in [6, 6.07) is -0.463. The fourth-order valence-electron chi connectivity index (χ4n) is 3.20. The number of aliphatic carboxylic acids is 1. The highest BCUT2D eigenvalue weighted by Gasteiger charge is 2.36. The summed E-state index contributed by atoms with van der Waals surface area (Å²) in [6.07, 6.45) is 6.01. The lowest BCUT2D eigenvalue weighted by Gasteiger charge is -2.29. The van der Waals surface area contributed by atoms with Crippen LogP contribution in [0.25, 0.3) is 0 Å². The van der Waals surface area contributed by atoms with Crippen LogP contribution in [-0.4, -0.2) is 53.3 Å². The molecule has 4 unspecified atom stereocenters. The zero-order chi connectivity index (χ0) is 17.4. The maximum absolute atomic E-state index is 11.5. The third kappa shape index (κ3) is 6.71. The van der Waals surface area contributed by atoms with Crippen molar-refractivity contribution in [2.75, 3.05) is 13.1 Å². The van der Waals surface area contributed by atoms with Gasteiger partial charge in [-0.15, -0.1) is 0 Å². The Morgan fingerprint density at radius 2 is 2.17 bits per heavy atom. The molecule has 0 saturated carbocycles. The van der Waals surface area contributed by atoms with Gasteiger partial charge in [-0.1, -0.05) is 25.5 Å². The largest absolute Gasteiger partial charge is 0.480 e. The second-order valence-corrected chi connectivity index (χ2v) is 6.22. The number of nitrogens with one attached hydrogen (secondary N) is 1. The summed E-state index contributed by atoms with van der Waals surface area (Å²) in [5, 5.41) is 12.2. The van der Waals surface area contributed by atoms with E-state index in [2.05, 4.69) is 18.3 Å². The van der Waals surface area contributed by atoms with Crippen molar-refractivity contribution in [1.29, 1.82) is 0 Å². The molecule has 0 radical (unpaired) electrons. The van der Waals surface area contributed by atoms with E-state index in [-0.39, 0.29) is 24.2 Å². The molecule has 0 aliphatic carbocycles. The molecule has 1 heterocycles. The number of hydrogen-bond acceptors (Lipinski definition) is 4. The van der Waals surface area contributed by atoms with Crippen molar-refractivity contribution in [2.45, 2.75) is 65.3 Å². The van der Waals surface area contributed by atoms with Gasteiger partial charge in [0.1, 0.15) is 12.3 Å². The molecule has 1 amide bonds. The van der Waals surface area contributed by atoms with Crippen LogP contribution in [0.2, 0.25) is 0 Å². The van der Waals surface area contributed by atoms with Crippen LogP contribution in [0, 0.1) is 5.92 Å². The number of allylic oxidation sites excluding steroid dienone is 1. The lowest BCUT2D eigenvalue weighted by molar-refractivity contribution is -0.143. The van der Waals surface area contributed by atoms with E-state index >= 15 is 0 Å². The number of carboxylic acid groups (broad SMARTS) is 1. The number of carboxylic acids is 1. The third-order valence-corrected chi connectivity index (χ3v) is 4.04. The van der Waals surface area contributed by atoms with Gasteiger partial charge < -0.3 is 15.2 Å². The molecule has 2 N–H and O–H groups in total. The minimum absolute atomic E-state index is 0.0898. The van der Waals surface area contributed by atoms with Crippen LogP contribution >= 0.6 is 0 Å². The Labute approximate surface area is 138 Å². The average Bonchev–Trinajstić information content (AvgIpc) is 2.81. The summed E-state index contributed by atoms with van der Waals surface area (Å²) in [7, 11) is 0. The molecule has 6 nitrogen and oxygen atoms in total. The molecule has 1 saturated heterocycles. The molecule has 0 aromatic heterocycles. The molecule has 1 aliphatic rings.